The van der Waals surface area contributed by atoms with E-state index < -0.39 is 5.82 Å². The molecular formula is C14H20ClFN2O. The summed E-state index contributed by atoms with van der Waals surface area (Å²) in [4.78, 5) is 2.26. The first-order valence-corrected chi connectivity index (χ1v) is 6.95. The predicted octanol–water partition coefficient (Wildman–Crippen LogP) is 2.59. The van der Waals surface area contributed by atoms with E-state index in [-0.39, 0.29) is 17.2 Å². The Morgan fingerprint density at radius 2 is 2.37 bits per heavy atom. The molecule has 2 unspecified atom stereocenters. The van der Waals surface area contributed by atoms with E-state index >= 15 is 0 Å². The van der Waals surface area contributed by atoms with Crippen molar-refractivity contribution in [3.63, 3.8) is 0 Å². The number of rotatable bonds is 4. The number of hydrogen-bond donors (Lipinski definition) is 1. The van der Waals surface area contributed by atoms with E-state index in [4.69, 9.17) is 22.1 Å². The average Bonchev–Trinajstić information content (AvgIpc) is 2.44. The van der Waals surface area contributed by atoms with Crippen LogP contribution < -0.4 is 5.73 Å². The van der Waals surface area contributed by atoms with Crippen molar-refractivity contribution in [2.75, 3.05) is 26.7 Å². The molecule has 1 heterocycles. The van der Waals surface area contributed by atoms with E-state index in [1.807, 2.05) is 6.07 Å². The van der Waals surface area contributed by atoms with E-state index in [0.29, 0.717) is 6.54 Å². The SMILES string of the molecule is COC1CCCN(C(CN)c2ccc(Cl)c(F)c2)C1. The molecule has 2 atom stereocenters. The van der Waals surface area contributed by atoms with Crippen LogP contribution in [0.2, 0.25) is 5.02 Å². The minimum atomic E-state index is -0.391. The summed E-state index contributed by atoms with van der Waals surface area (Å²) in [6.07, 6.45) is 2.38. The van der Waals surface area contributed by atoms with E-state index in [9.17, 15) is 4.39 Å². The van der Waals surface area contributed by atoms with E-state index in [2.05, 4.69) is 4.90 Å². The first-order chi connectivity index (χ1) is 9.15. The fourth-order valence-corrected chi connectivity index (χ4v) is 2.77. The summed E-state index contributed by atoms with van der Waals surface area (Å²) in [5.41, 5.74) is 6.75. The number of nitrogens with two attached hydrogens (primary N) is 1. The molecule has 5 heteroatoms. The number of methoxy groups -OCH3 is 1. The van der Waals surface area contributed by atoms with Crippen molar-refractivity contribution < 1.29 is 9.13 Å². The van der Waals surface area contributed by atoms with Crippen LogP contribution in [0.25, 0.3) is 0 Å². The number of hydrogen-bond acceptors (Lipinski definition) is 3. The van der Waals surface area contributed by atoms with Gasteiger partial charge in [0.25, 0.3) is 0 Å². The highest BCUT2D eigenvalue weighted by molar-refractivity contribution is 6.30. The maximum absolute atomic E-state index is 13.6. The molecule has 1 saturated heterocycles. The van der Waals surface area contributed by atoms with Gasteiger partial charge >= 0.3 is 0 Å². The third-order valence-electron chi connectivity index (χ3n) is 3.74. The molecule has 1 fully saturated rings. The highest BCUT2D eigenvalue weighted by Crippen LogP contribution is 2.27. The summed E-state index contributed by atoms with van der Waals surface area (Å²) in [5.74, 6) is -0.391. The first kappa shape index (κ1) is 14.7. The molecule has 3 nitrogen and oxygen atoms in total. The zero-order valence-electron chi connectivity index (χ0n) is 11.1. The third kappa shape index (κ3) is 3.45. The minimum Gasteiger partial charge on any atom is -0.380 e. The lowest BCUT2D eigenvalue weighted by Crippen LogP contribution is -2.43. The van der Waals surface area contributed by atoms with Gasteiger partial charge in [-0.2, -0.15) is 0 Å². The second-order valence-electron chi connectivity index (χ2n) is 4.92. The van der Waals surface area contributed by atoms with Crippen molar-refractivity contribution >= 4 is 11.6 Å². The number of likely N-dealkylation sites (tertiary alicyclic amines) is 1. The number of ether oxygens (including phenoxy) is 1. The van der Waals surface area contributed by atoms with Crippen LogP contribution >= 0.6 is 11.6 Å². The number of benzene rings is 1. The highest BCUT2D eigenvalue weighted by atomic mass is 35.5. The van der Waals surface area contributed by atoms with Crippen molar-refractivity contribution in [2.24, 2.45) is 5.73 Å². The molecule has 0 aliphatic carbocycles. The number of piperidine rings is 1. The van der Waals surface area contributed by atoms with Crippen molar-refractivity contribution in [2.45, 2.75) is 25.0 Å². The topological polar surface area (TPSA) is 38.5 Å². The van der Waals surface area contributed by atoms with Crippen LogP contribution in [0.15, 0.2) is 18.2 Å². The fraction of sp³-hybridized carbons (Fsp3) is 0.571. The largest absolute Gasteiger partial charge is 0.380 e. The Morgan fingerprint density at radius 1 is 1.58 bits per heavy atom. The lowest BCUT2D eigenvalue weighted by Gasteiger charge is -2.37. The van der Waals surface area contributed by atoms with Gasteiger partial charge in [-0.15, -0.1) is 0 Å². The maximum Gasteiger partial charge on any atom is 0.142 e. The molecule has 2 rings (SSSR count). The molecule has 1 aromatic carbocycles. The first-order valence-electron chi connectivity index (χ1n) is 6.57. The van der Waals surface area contributed by atoms with Gasteiger partial charge in [-0.05, 0) is 37.1 Å². The van der Waals surface area contributed by atoms with Gasteiger partial charge in [-0.25, -0.2) is 4.39 Å². The molecule has 1 aliphatic heterocycles. The van der Waals surface area contributed by atoms with Crippen LogP contribution in [-0.2, 0) is 4.74 Å². The van der Waals surface area contributed by atoms with Gasteiger partial charge in [0.2, 0.25) is 0 Å². The Morgan fingerprint density at radius 3 is 3.00 bits per heavy atom. The molecule has 2 N–H and O–H groups in total. The fourth-order valence-electron chi connectivity index (χ4n) is 2.66. The lowest BCUT2D eigenvalue weighted by molar-refractivity contribution is 0.0154. The molecule has 0 spiro atoms. The quantitative estimate of drug-likeness (QED) is 0.925. The van der Waals surface area contributed by atoms with Crippen LogP contribution in [0.3, 0.4) is 0 Å². The molecule has 1 aliphatic rings. The average molecular weight is 287 g/mol. The van der Waals surface area contributed by atoms with Crippen LogP contribution in [0.1, 0.15) is 24.4 Å². The Labute approximate surface area is 118 Å². The standard InChI is InChI=1S/C14H20ClFN2O/c1-19-11-3-2-6-18(9-11)14(8-17)10-4-5-12(15)13(16)7-10/h4-5,7,11,14H,2-3,6,8-9,17H2,1H3. The second kappa shape index (κ2) is 6.66. The summed E-state index contributed by atoms with van der Waals surface area (Å²) >= 11 is 5.72. The van der Waals surface area contributed by atoms with Gasteiger partial charge in [0.1, 0.15) is 5.82 Å². The van der Waals surface area contributed by atoms with E-state index in [1.54, 1.807) is 13.2 Å². The number of nitrogens with zero attached hydrogens (tertiary/aromatic N) is 1. The van der Waals surface area contributed by atoms with Gasteiger partial charge in [0, 0.05) is 26.2 Å². The predicted molar refractivity (Wildman–Crippen MR) is 74.8 cm³/mol. The number of halogens is 2. The molecule has 106 valence electrons. The zero-order valence-corrected chi connectivity index (χ0v) is 11.9. The normalized spacial score (nSPS) is 22.4. The molecular weight excluding hydrogens is 267 g/mol. The van der Waals surface area contributed by atoms with Gasteiger partial charge < -0.3 is 10.5 Å². The van der Waals surface area contributed by atoms with Crippen molar-refractivity contribution in [3.8, 4) is 0 Å². The Kier molecular flexibility index (Phi) is 5.16. The molecule has 1 aromatic rings. The van der Waals surface area contributed by atoms with Crippen LogP contribution in [0.5, 0.6) is 0 Å². The maximum atomic E-state index is 13.6. The van der Waals surface area contributed by atoms with Crippen molar-refractivity contribution in [1.29, 1.82) is 0 Å². The van der Waals surface area contributed by atoms with Crippen molar-refractivity contribution in [1.82, 2.24) is 4.90 Å². The molecule has 0 radical (unpaired) electrons. The molecule has 19 heavy (non-hydrogen) atoms. The van der Waals surface area contributed by atoms with Gasteiger partial charge in [0.15, 0.2) is 0 Å². The third-order valence-corrected chi connectivity index (χ3v) is 4.04. The van der Waals surface area contributed by atoms with Gasteiger partial charge in [-0.3, -0.25) is 4.90 Å². The summed E-state index contributed by atoms with van der Waals surface area (Å²) < 4.78 is 19.0. The molecule has 0 aromatic heterocycles. The minimum absolute atomic E-state index is 0.0183. The molecule has 0 amide bonds. The van der Waals surface area contributed by atoms with Crippen LogP contribution in [0, 0.1) is 5.82 Å². The second-order valence-corrected chi connectivity index (χ2v) is 5.33. The van der Waals surface area contributed by atoms with Gasteiger partial charge in [-0.1, -0.05) is 17.7 Å². The van der Waals surface area contributed by atoms with Crippen molar-refractivity contribution in [3.05, 3.63) is 34.6 Å². The molecule has 0 saturated carbocycles. The Balaban J connectivity index is 2.16. The Hall–Kier alpha value is -0.680. The van der Waals surface area contributed by atoms with Crippen LogP contribution in [-0.4, -0.2) is 37.7 Å². The lowest BCUT2D eigenvalue weighted by atomic mass is 10.0. The summed E-state index contributed by atoms with van der Waals surface area (Å²) in [7, 11) is 1.73. The smallest absolute Gasteiger partial charge is 0.142 e. The van der Waals surface area contributed by atoms with E-state index in [1.165, 1.54) is 6.07 Å². The summed E-state index contributed by atoms with van der Waals surface area (Å²) in [6.45, 7) is 2.26. The van der Waals surface area contributed by atoms with E-state index in [0.717, 1.165) is 31.5 Å². The Bertz CT molecular complexity index is 430. The zero-order chi connectivity index (χ0) is 13.8. The van der Waals surface area contributed by atoms with Gasteiger partial charge in [0.05, 0.1) is 11.1 Å². The summed E-state index contributed by atoms with van der Waals surface area (Å²) in [5, 5.41) is 0.146. The monoisotopic (exact) mass is 286 g/mol. The summed E-state index contributed by atoms with van der Waals surface area (Å²) in [6, 6.07) is 4.94. The molecule has 0 bridgehead atoms. The highest BCUT2D eigenvalue weighted by Gasteiger charge is 2.26. The van der Waals surface area contributed by atoms with Crippen LogP contribution in [0.4, 0.5) is 4.39 Å².